The maximum absolute atomic E-state index is 12.9. The molecule has 0 aliphatic heterocycles. The molecule has 1 aromatic heterocycles. The van der Waals surface area contributed by atoms with Crippen molar-refractivity contribution < 1.29 is 14.7 Å². The monoisotopic (exact) mass is 448 g/mol. The van der Waals surface area contributed by atoms with Gasteiger partial charge in [-0.3, -0.25) is 14.3 Å². The van der Waals surface area contributed by atoms with Gasteiger partial charge in [0, 0.05) is 18.8 Å². The lowest BCUT2D eigenvalue weighted by Gasteiger charge is -2.22. The topological polar surface area (TPSA) is 96.2 Å². The summed E-state index contributed by atoms with van der Waals surface area (Å²) in [4.78, 5) is 24.1. The van der Waals surface area contributed by atoms with Crippen LogP contribution in [0.3, 0.4) is 0 Å². The van der Waals surface area contributed by atoms with E-state index in [-0.39, 0.29) is 11.4 Å². The lowest BCUT2D eigenvalue weighted by Crippen LogP contribution is -2.35. The van der Waals surface area contributed by atoms with Gasteiger partial charge in [0.2, 0.25) is 0 Å². The van der Waals surface area contributed by atoms with Crippen LogP contribution in [0, 0.1) is 5.41 Å². The Balaban J connectivity index is 1.69. The lowest BCUT2D eigenvalue weighted by atomic mass is 9.94. The van der Waals surface area contributed by atoms with Crippen molar-refractivity contribution in [1.29, 1.82) is 0 Å². The Morgan fingerprint density at radius 2 is 1.61 bits per heavy atom. The van der Waals surface area contributed by atoms with Crippen molar-refractivity contribution in [3.8, 4) is 11.3 Å². The van der Waals surface area contributed by atoms with E-state index in [1.54, 1.807) is 13.8 Å². The Morgan fingerprint density at radius 1 is 0.970 bits per heavy atom. The molecule has 0 radical (unpaired) electrons. The predicted molar refractivity (Wildman–Crippen MR) is 130 cm³/mol. The molecule has 0 saturated carbocycles. The highest BCUT2D eigenvalue weighted by atomic mass is 16.4. The third-order valence-electron chi connectivity index (χ3n) is 5.33. The van der Waals surface area contributed by atoms with Gasteiger partial charge >= 0.3 is 5.97 Å². The number of carbonyl (C=O) groups excluding carboxylic acids is 1. The SMILES string of the molecule is CC(C)(CNCc1ccc(NC(=O)c2cc(-c3ccccc3)n(C(C)(C)C)n2)cc1)C(=O)O. The molecule has 0 unspecified atom stereocenters. The number of hydrogen-bond donors (Lipinski definition) is 3. The number of anilines is 1. The van der Waals surface area contributed by atoms with Crippen molar-refractivity contribution in [3.05, 3.63) is 71.9 Å². The maximum Gasteiger partial charge on any atom is 0.310 e. The van der Waals surface area contributed by atoms with Crippen LogP contribution in [0.5, 0.6) is 0 Å². The molecule has 0 atom stereocenters. The molecule has 0 aliphatic carbocycles. The van der Waals surface area contributed by atoms with E-state index in [1.807, 2.05) is 65.3 Å². The molecule has 1 amide bonds. The first kappa shape index (κ1) is 24.2. The number of aliphatic carboxylic acids is 1. The molecule has 0 saturated heterocycles. The summed E-state index contributed by atoms with van der Waals surface area (Å²) in [6, 6.07) is 19.2. The molecule has 2 aromatic carbocycles. The van der Waals surface area contributed by atoms with Crippen LogP contribution in [0.4, 0.5) is 5.69 Å². The van der Waals surface area contributed by atoms with Crippen molar-refractivity contribution in [2.24, 2.45) is 5.41 Å². The number of hydrogen-bond acceptors (Lipinski definition) is 4. The zero-order valence-electron chi connectivity index (χ0n) is 19.8. The molecular formula is C26H32N4O3. The normalized spacial score (nSPS) is 11.9. The van der Waals surface area contributed by atoms with Gasteiger partial charge in [-0.1, -0.05) is 42.5 Å². The number of carbonyl (C=O) groups is 2. The molecule has 3 N–H and O–H groups in total. The molecule has 7 heteroatoms. The number of rotatable bonds is 8. The molecular weight excluding hydrogens is 416 g/mol. The van der Waals surface area contributed by atoms with E-state index >= 15 is 0 Å². The van der Waals surface area contributed by atoms with E-state index in [2.05, 4.69) is 36.5 Å². The van der Waals surface area contributed by atoms with Gasteiger partial charge in [0.25, 0.3) is 5.91 Å². The maximum atomic E-state index is 12.9. The second kappa shape index (κ2) is 9.58. The summed E-state index contributed by atoms with van der Waals surface area (Å²) >= 11 is 0. The highest BCUT2D eigenvalue weighted by Gasteiger charge is 2.26. The summed E-state index contributed by atoms with van der Waals surface area (Å²) in [5.41, 5.74) is 2.79. The molecule has 1 heterocycles. The Labute approximate surface area is 194 Å². The number of carboxylic acids is 1. The smallest absolute Gasteiger partial charge is 0.310 e. The average Bonchev–Trinajstić information content (AvgIpc) is 3.22. The second-order valence-electron chi connectivity index (χ2n) is 9.81. The summed E-state index contributed by atoms with van der Waals surface area (Å²) in [6.45, 7) is 10.4. The summed E-state index contributed by atoms with van der Waals surface area (Å²) in [5.74, 6) is -1.11. The lowest BCUT2D eigenvalue weighted by molar-refractivity contribution is -0.146. The Bertz CT molecular complexity index is 1110. The number of nitrogens with one attached hydrogen (secondary N) is 2. The van der Waals surface area contributed by atoms with Crippen LogP contribution in [0.15, 0.2) is 60.7 Å². The van der Waals surface area contributed by atoms with E-state index in [0.717, 1.165) is 16.8 Å². The van der Waals surface area contributed by atoms with E-state index < -0.39 is 11.4 Å². The molecule has 0 bridgehead atoms. The molecule has 0 fully saturated rings. The molecule has 0 spiro atoms. The number of amides is 1. The van der Waals surface area contributed by atoms with E-state index in [0.29, 0.717) is 24.5 Å². The molecule has 0 aliphatic rings. The number of aromatic nitrogens is 2. The molecule has 3 rings (SSSR count). The standard InChI is InChI=1S/C26H32N4O3/c1-25(2,3)30-22(19-9-7-6-8-10-19)15-21(29-30)23(31)28-20-13-11-18(12-14-20)16-27-17-26(4,5)24(32)33/h6-15,27H,16-17H2,1-5H3,(H,28,31)(H,32,33). The Kier molecular flexibility index (Phi) is 7.03. The number of benzene rings is 2. The molecule has 7 nitrogen and oxygen atoms in total. The minimum Gasteiger partial charge on any atom is -0.481 e. The Morgan fingerprint density at radius 3 is 2.18 bits per heavy atom. The first-order valence-corrected chi connectivity index (χ1v) is 11.0. The summed E-state index contributed by atoms with van der Waals surface area (Å²) in [5, 5.41) is 19.9. The van der Waals surface area contributed by atoms with Crippen molar-refractivity contribution in [1.82, 2.24) is 15.1 Å². The molecule has 33 heavy (non-hydrogen) atoms. The fourth-order valence-electron chi connectivity index (χ4n) is 3.31. The van der Waals surface area contributed by atoms with E-state index in [4.69, 9.17) is 0 Å². The van der Waals surface area contributed by atoms with Gasteiger partial charge in [0.1, 0.15) is 0 Å². The molecule has 3 aromatic rings. The van der Waals surface area contributed by atoms with Gasteiger partial charge in [0.15, 0.2) is 5.69 Å². The van der Waals surface area contributed by atoms with Gasteiger partial charge in [0.05, 0.1) is 16.6 Å². The van der Waals surface area contributed by atoms with Crippen LogP contribution in [0.2, 0.25) is 0 Å². The predicted octanol–water partition coefficient (Wildman–Crippen LogP) is 4.76. The summed E-state index contributed by atoms with van der Waals surface area (Å²) in [7, 11) is 0. The number of nitrogens with zero attached hydrogens (tertiary/aromatic N) is 2. The van der Waals surface area contributed by atoms with Gasteiger partial charge in [-0.15, -0.1) is 0 Å². The minimum absolute atomic E-state index is 0.274. The van der Waals surface area contributed by atoms with E-state index in [9.17, 15) is 14.7 Å². The fourth-order valence-corrected chi connectivity index (χ4v) is 3.31. The van der Waals surface area contributed by atoms with Crippen molar-refractivity contribution in [2.45, 2.75) is 46.7 Å². The third kappa shape index (κ3) is 6.08. The third-order valence-corrected chi connectivity index (χ3v) is 5.33. The number of carboxylic acid groups (broad SMARTS) is 1. The highest BCUT2D eigenvalue weighted by molar-refractivity contribution is 6.03. The van der Waals surface area contributed by atoms with Gasteiger partial charge < -0.3 is 15.7 Å². The van der Waals surface area contributed by atoms with Crippen LogP contribution < -0.4 is 10.6 Å². The van der Waals surface area contributed by atoms with Crippen LogP contribution in [-0.2, 0) is 16.9 Å². The van der Waals surface area contributed by atoms with Crippen LogP contribution >= 0.6 is 0 Å². The average molecular weight is 449 g/mol. The zero-order chi connectivity index (χ0) is 24.2. The van der Waals surface area contributed by atoms with Crippen LogP contribution in [0.1, 0.15) is 50.7 Å². The van der Waals surface area contributed by atoms with Gasteiger partial charge in [-0.2, -0.15) is 5.10 Å². The summed E-state index contributed by atoms with van der Waals surface area (Å²) in [6.07, 6.45) is 0. The van der Waals surface area contributed by atoms with Gasteiger partial charge in [-0.25, -0.2) is 0 Å². The van der Waals surface area contributed by atoms with Crippen molar-refractivity contribution >= 4 is 17.6 Å². The minimum atomic E-state index is -0.836. The first-order valence-electron chi connectivity index (χ1n) is 11.0. The molecule has 174 valence electrons. The Hall–Kier alpha value is -3.45. The van der Waals surface area contributed by atoms with Crippen LogP contribution in [-0.4, -0.2) is 33.3 Å². The fraction of sp³-hybridized carbons (Fsp3) is 0.346. The van der Waals surface area contributed by atoms with E-state index in [1.165, 1.54) is 0 Å². The largest absolute Gasteiger partial charge is 0.481 e. The van der Waals surface area contributed by atoms with Crippen molar-refractivity contribution in [2.75, 3.05) is 11.9 Å². The van der Waals surface area contributed by atoms with Gasteiger partial charge in [-0.05, 0) is 63.9 Å². The summed E-state index contributed by atoms with van der Waals surface area (Å²) < 4.78 is 1.88. The highest BCUT2D eigenvalue weighted by Crippen LogP contribution is 2.27. The first-order chi connectivity index (χ1) is 15.5. The quantitative estimate of drug-likeness (QED) is 0.462. The van der Waals surface area contributed by atoms with Crippen LogP contribution in [0.25, 0.3) is 11.3 Å². The second-order valence-corrected chi connectivity index (χ2v) is 9.81. The van der Waals surface area contributed by atoms with Crippen molar-refractivity contribution in [3.63, 3.8) is 0 Å². The zero-order valence-corrected chi connectivity index (χ0v) is 19.8.